The fourth-order valence-electron chi connectivity index (χ4n) is 3.57. The maximum atomic E-state index is 12.2. The summed E-state index contributed by atoms with van der Waals surface area (Å²) in [5.74, 6) is -0.0915. The van der Waals surface area contributed by atoms with Crippen LogP contribution < -0.4 is 5.32 Å². The van der Waals surface area contributed by atoms with E-state index in [0.29, 0.717) is 5.56 Å². The fourth-order valence-corrected chi connectivity index (χ4v) is 6.40. The third-order valence-corrected chi connectivity index (χ3v) is 8.15. The molecular weight excluding hydrogens is 477 g/mol. The number of likely N-dealkylation sites (tertiary alicyclic amines) is 1. The molecule has 2 heterocycles. The molecule has 0 spiro atoms. The van der Waals surface area contributed by atoms with Gasteiger partial charge < -0.3 is 10.2 Å². The highest BCUT2D eigenvalue weighted by Crippen LogP contribution is 2.23. The molecule has 1 fully saturated rings. The highest BCUT2D eigenvalue weighted by Gasteiger charge is 2.19. The maximum Gasteiger partial charge on any atom is 0.276 e. The number of carbonyl (C=O) groups excluding carboxylic acids is 2. The van der Waals surface area contributed by atoms with Crippen LogP contribution in [0.25, 0.3) is 0 Å². The molecule has 2 aliphatic heterocycles. The Morgan fingerprint density at radius 2 is 1.76 bits per heavy atom. The zero-order valence-corrected chi connectivity index (χ0v) is 18.4. The molecular formula is C23H24IN3O2. The zero-order chi connectivity index (χ0) is 20.1. The average Bonchev–Trinajstić information content (AvgIpc) is 2.76. The van der Waals surface area contributed by atoms with Gasteiger partial charge in [-0.15, -0.1) is 0 Å². The van der Waals surface area contributed by atoms with E-state index in [4.69, 9.17) is 0 Å². The molecule has 150 valence electrons. The summed E-state index contributed by atoms with van der Waals surface area (Å²) < 4.78 is 2.45. The van der Waals surface area contributed by atoms with Gasteiger partial charge in [0.25, 0.3) is 11.8 Å². The Bertz CT molecular complexity index is 959. The molecule has 0 bridgehead atoms. The van der Waals surface area contributed by atoms with E-state index >= 15 is 0 Å². The Labute approximate surface area is 181 Å². The number of fused-ring (bicyclic) bond motifs is 1. The molecule has 1 saturated heterocycles. The van der Waals surface area contributed by atoms with Crippen LogP contribution in [0, 0.1) is 3.57 Å². The van der Waals surface area contributed by atoms with E-state index in [9.17, 15) is 9.59 Å². The number of nitrogens with zero attached hydrogens (tertiary/aromatic N) is 2. The van der Waals surface area contributed by atoms with E-state index in [0.717, 1.165) is 56.6 Å². The van der Waals surface area contributed by atoms with Crippen molar-refractivity contribution in [3.8, 4) is 0 Å². The van der Waals surface area contributed by atoms with Gasteiger partial charge in [-0.2, -0.15) is 0 Å². The first-order chi connectivity index (χ1) is 14.2. The average molecular weight is 501 g/mol. The summed E-state index contributed by atoms with van der Waals surface area (Å²) in [4.78, 5) is 31.2. The topological polar surface area (TPSA) is 61.8 Å². The fraction of sp³-hybridized carbons (Fsp3) is 0.304. The van der Waals surface area contributed by atoms with Gasteiger partial charge in [0.1, 0.15) is 0 Å². The monoisotopic (exact) mass is 501 g/mol. The first-order valence-corrected chi connectivity index (χ1v) is 12.1. The summed E-state index contributed by atoms with van der Waals surface area (Å²) >= 11 is -0.260. The third kappa shape index (κ3) is 5.25. The quantitative estimate of drug-likeness (QED) is 0.634. The zero-order valence-electron chi connectivity index (χ0n) is 16.2. The van der Waals surface area contributed by atoms with Crippen LogP contribution in [0.15, 0.2) is 59.6 Å². The summed E-state index contributed by atoms with van der Waals surface area (Å²) in [6.45, 7) is 2.91. The molecule has 6 heteroatoms. The molecule has 1 N–H and O–H groups in total. The molecule has 0 saturated carbocycles. The van der Waals surface area contributed by atoms with Gasteiger partial charge in [0.2, 0.25) is 0 Å². The van der Waals surface area contributed by atoms with Crippen molar-refractivity contribution in [1.82, 2.24) is 10.2 Å². The summed E-state index contributed by atoms with van der Waals surface area (Å²) in [6.07, 6.45) is 3.71. The second-order valence-corrected chi connectivity index (χ2v) is 10.2. The lowest BCUT2D eigenvalue weighted by Gasteiger charge is -2.27. The highest BCUT2D eigenvalue weighted by atomic mass is 127. The van der Waals surface area contributed by atoms with Crippen molar-refractivity contribution in [2.24, 2.45) is 4.99 Å². The molecule has 29 heavy (non-hydrogen) atoms. The second kappa shape index (κ2) is 9.54. The first kappa shape index (κ1) is 20.1. The van der Waals surface area contributed by atoms with Gasteiger partial charge in [0.05, 0.1) is 9.20 Å². The lowest BCUT2D eigenvalue weighted by molar-refractivity contribution is 0.0973. The number of carbonyl (C=O) groups is 2. The Balaban J connectivity index is 1.24. The van der Waals surface area contributed by atoms with Crippen LogP contribution in [0.5, 0.6) is 0 Å². The van der Waals surface area contributed by atoms with Gasteiger partial charge in [0, 0.05) is 27.9 Å². The molecule has 4 rings (SSSR count). The Kier molecular flexibility index (Phi) is 6.61. The summed E-state index contributed by atoms with van der Waals surface area (Å²) in [7, 11) is 0. The lowest BCUT2D eigenvalue weighted by atomic mass is 10.1. The van der Waals surface area contributed by atoms with Crippen LogP contribution in [-0.4, -0.2) is 45.7 Å². The molecule has 2 amide bonds. The number of halogens is 1. The number of nitrogens with one attached hydrogen (secondary N) is 1. The molecule has 2 aromatic carbocycles. The molecule has 5 nitrogen and oxygen atoms in total. The van der Waals surface area contributed by atoms with E-state index in [-0.39, 0.29) is 32.5 Å². The van der Waals surface area contributed by atoms with Crippen LogP contribution in [0.3, 0.4) is 0 Å². The van der Waals surface area contributed by atoms with Crippen LogP contribution >= 0.6 is 20.7 Å². The third-order valence-electron chi connectivity index (χ3n) is 5.17. The van der Waals surface area contributed by atoms with E-state index < -0.39 is 0 Å². The SMILES string of the molecule is O=C(N=C1CCN(CCCC2=Ic3ccccc3C(=O)N2)CC1)c1ccccc1. The van der Waals surface area contributed by atoms with E-state index in [2.05, 4.69) is 21.3 Å². The van der Waals surface area contributed by atoms with E-state index in [1.54, 1.807) is 0 Å². The largest absolute Gasteiger partial charge is 0.321 e. The second-order valence-electron chi connectivity index (χ2n) is 7.23. The number of amides is 2. The van der Waals surface area contributed by atoms with Crippen LogP contribution in [0.1, 0.15) is 46.4 Å². The molecule has 0 aliphatic carbocycles. The first-order valence-electron chi connectivity index (χ1n) is 9.98. The van der Waals surface area contributed by atoms with Gasteiger partial charge in [-0.05, 0) is 56.5 Å². The maximum absolute atomic E-state index is 12.2. The molecule has 2 aliphatic rings. The smallest absolute Gasteiger partial charge is 0.276 e. The molecule has 0 unspecified atom stereocenters. The normalized spacial score (nSPS) is 16.9. The van der Waals surface area contributed by atoms with Crippen LogP contribution in [-0.2, 0) is 0 Å². The standard InChI is InChI=1S/C23H24IN3O2/c28-22(17-7-2-1-3-8-17)25-18-12-15-27(16-13-18)14-6-11-21-24-20-10-5-4-9-19(20)23(29)26-21/h1-5,7-10H,6,11-16H2,(H,26,29). The van der Waals surface area contributed by atoms with Crippen molar-refractivity contribution in [2.75, 3.05) is 19.6 Å². The number of hydrogen-bond acceptors (Lipinski definition) is 3. The van der Waals surface area contributed by atoms with Gasteiger partial charge in [0.15, 0.2) is 0 Å². The predicted octanol–water partition coefficient (Wildman–Crippen LogP) is 3.86. The van der Waals surface area contributed by atoms with Gasteiger partial charge in [-0.25, -0.2) is 4.99 Å². The van der Waals surface area contributed by atoms with Crippen molar-refractivity contribution < 1.29 is 9.59 Å². The minimum atomic E-state index is -0.260. The molecule has 0 aromatic heterocycles. The predicted molar refractivity (Wildman–Crippen MR) is 125 cm³/mol. The van der Waals surface area contributed by atoms with Crippen molar-refractivity contribution >= 4 is 41.9 Å². The van der Waals surface area contributed by atoms with Crippen LogP contribution in [0.4, 0.5) is 0 Å². The number of piperidine rings is 1. The Morgan fingerprint density at radius 3 is 2.55 bits per heavy atom. The van der Waals surface area contributed by atoms with Gasteiger partial charge in [-0.3, -0.25) is 9.59 Å². The van der Waals surface area contributed by atoms with Crippen molar-refractivity contribution in [3.63, 3.8) is 0 Å². The molecule has 0 atom stereocenters. The minimum absolute atomic E-state index is 0.0449. The Morgan fingerprint density at radius 1 is 1.03 bits per heavy atom. The van der Waals surface area contributed by atoms with Gasteiger partial charge >= 0.3 is 0 Å². The number of benzene rings is 2. The molecule has 2 aromatic rings. The van der Waals surface area contributed by atoms with Crippen molar-refractivity contribution in [1.29, 1.82) is 0 Å². The number of hydrogen-bond donors (Lipinski definition) is 1. The van der Waals surface area contributed by atoms with Gasteiger partial charge in [-0.1, -0.05) is 51.1 Å². The lowest BCUT2D eigenvalue weighted by Crippen LogP contribution is -2.36. The summed E-state index contributed by atoms with van der Waals surface area (Å²) in [5.41, 5.74) is 2.50. The van der Waals surface area contributed by atoms with Crippen LogP contribution in [0.2, 0.25) is 0 Å². The van der Waals surface area contributed by atoms with E-state index in [1.165, 1.54) is 7.20 Å². The van der Waals surface area contributed by atoms with E-state index in [1.807, 2.05) is 48.5 Å². The number of rotatable bonds is 5. The summed E-state index contributed by atoms with van der Waals surface area (Å²) in [6, 6.07) is 17.2. The Hall–Kier alpha value is -2.19. The van der Waals surface area contributed by atoms with Crippen molar-refractivity contribution in [2.45, 2.75) is 25.7 Å². The molecule has 0 radical (unpaired) electrons. The number of aliphatic imine (C=N–C) groups is 1. The highest BCUT2D eigenvalue weighted by molar-refractivity contribution is 14.2. The minimum Gasteiger partial charge on any atom is -0.321 e. The summed E-state index contributed by atoms with van der Waals surface area (Å²) in [5, 5.41) is 3.11. The van der Waals surface area contributed by atoms with Crippen molar-refractivity contribution in [3.05, 3.63) is 69.3 Å².